The highest BCUT2D eigenvalue weighted by Gasteiger charge is 2.15. The maximum atomic E-state index is 12.5. The molecule has 0 aliphatic carbocycles. The van der Waals surface area contributed by atoms with E-state index in [1.165, 1.54) is 24.2 Å². The second kappa shape index (κ2) is 8.54. The molecule has 1 aliphatic heterocycles. The van der Waals surface area contributed by atoms with Gasteiger partial charge >= 0.3 is 6.03 Å². The number of hydrogen-bond donors (Lipinski definition) is 1. The van der Waals surface area contributed by atoms with Gasteiger partial charge in [0.2, 0.25) is 0 Å². The van der Waals surface area contributed by atoms with Crippen LogP contribution in [0.5, 0.6) is 0 Å². The molecule has 3 heterocycles. The number of carbonyl (C=O) groups excluding carboxylic acids is 1. The molecular formula is C18H23ClN4OS. The average Bonchev–Trinajstić information content (AvgIpc) is 3.29. The first-order valence-electron chi connectivity index (χ1n) is 8.62. The van der Waals surface area contributed by atoms with Crippen LogP contribution >= 0.6 is 22.9 Å². The first-order chi connectivity index (χ1) is 12.2. The van der Waals surface area contributed by atoms with Gasteiger partial charge in [-0.2, -0.15) is 0 Å². The Kier molecular flexibility index (Phi) is 6.15. The molecule has 0 bridgehead atoms. The lowest BCUT2D eigenvalue weighted by Gasteiger charge is -2.21. The summed E-state index contributed by atoms with van der Waals surface area (Å²) in [5.41, 5.74) is 1.07. The second-order valence-corrected chi connectivity index (χ2v) is 7.89. The number of nitrogens with zero attached hydrogens (tertiary/aromatic N) is 3. The van der Waals surface area contributed by atoms with Gasteiger partial charge in [0, 0.05) is 37.3 Å². The quantitative estimate of drug-likeness (QED) is 0.822. The number of amides is 2. The normalized spacial score (nSPS) is 13.9. The molecule has 5 nitrogen and oxygen atoms in total. The number of carbonyl (C=O) groups is 1. The van der Waals surface area contributed by atoms with E-state index in [1.54, 1.807) is 4.90 Å². The van der Waals surface area contributed by atoms with E-state index in [0.29, 0.717) is 19.6 Å². The predicted octanol–water partition coefficient (Wildman–Crippen LogP) is 4.13. The zero-order valence-electron chi connectivity index (χ0n) is 14.4. The van der Waals surface area contributed by atoms with Crippen LogP contribution in [-0.2, 0) is 13.1 Å². The van der Waals surface area contributed by atoms with Crippen LogP contribution in [-0.4, -0.2) is 35.5 Å². The maximum absolute atomic E-state index is 12.5. The largest absolute Gasteiger partial charge is 0.357 e. The monoisotopic (exact) mass is 378 g/mol. The van der Waals surface area contributed by atoms with Gasteiger partial charge in [-0.25, -0.2) is 9.78 Å². The van der Waals surface area contributed by atoms with Crippen molar-refractivity contribution in [2.75, 3.05) is 24.5 Å². The summed E-state index contributed by atoms with van der Waals surface area (Å²) in [6, 6.07) is 7.79. The zero-order chi connectivity index (χ0) is 17.6. The zero-order valence-corrected chi connectivity index (χ0v) is 15.9. The summed E-state index contributed by atoms with van der Waals surface area (Å²) < 4.78 is 0.748. The minimum Gasteiger partial charge on any atom is -0.357 e. The molecule has 0 unspecified atom stereocenters. The minimum atomic E-state index is -0.0634. The number of anilines is 1. The van der Waals surface area contributed by atoms with E-state index >= 15 is 0 Å². The van der Waals surface area contributed by atoms with E-state index in [4.69, 9.17) is 11.6 Å². The minimum absolute atomic E-state index is 0.0634. The Morgan fingerprint density at radius 1 is 1.36 bits per heavy atom. The summed E-state index contributed by atoms with van der Waals surface area (Å²) in [5, 5.41) is 3.01. The third kappa shape index (κ3) is 4.86. The van der Waals surface area contributed by atoms with Crippen LogP contribution < -0.4 is 10.2 Å². The number of halogens is 1. The standard InChI is InChI=1S/C18H23ClN4OS/c1-2-22(13-15-5-6-16(19)25-15)18(24)21-12-14-7-8-20-17(11-14)23-9-3-4-10-23/h5-8,11H,2-4,9-10,12-13H2,1H3,(H,21,24). The molecule has 2 aromatic heterocycles. The van der Waals surface area contributed by atoms with E-state index in [-0.39, 0.29) is 6.03 Å². The molecule has 3 rings (SSSR count). The van der Waals surface area contributed by atoms with Crippen molar-refractivity contribution in [2.24, 2.45) is 0 Å². The predicted molar refractivity (Wildman–Crippen MR) is 103 cm³/mol. The fourth-order valence-corrected chi connectivity index (χ4v) is 4.03. The lowest BCUT2D eigenvalue weighted by molar-refractivity contribution is 0.198. The summed E-state index contributed by atoms with van der Waals surface area (Å²) in [5.74, 6) is 1.00. The van der Waals surface area contributed by atoms with Crippen molar-refractivity contribution in [1.29, 1.82) is 0 Å². The Morgan fingerprint density at radius 3 is 2.84 bits per heavy atom. The summed E-state index contributed by atoms with van der Waals surface area (Å²) in [6.07, 6.45) is 4.27. The van der Waals surface area contributed by atoms with Crippen molar-refractivity contribution >= 4 is 34.8 Å². The third-order valence-corrected chi connectivity index (χ3v) is 5.54. The van der Waals surface area contributed by atoms with Crippen LogP contribution in [0.15, 0.2) is 30.5 Å². The number of rotatable bonds is 6. The lowest BCUT2D eigenvalue weighted by atomic mass is 10.2. The molecule has 25 heavy (non-hydrogen) atoms. The van der Waals surface area contributed by atoms with Gasteiger partial charge in [-0.1, -0.05) is 11.6 Å². The summed E-state index contributed by atoms with van der Waals surface area (Å²) >= 11 is 7.48. The molecule has 0 spiro atoms. The molecule has 1 aliphatic rings. The molecule has 0 saturated carbocycles. The molecule has 1 saturated heterocycles. The van der Waals surface area contributed by atoms with Crippen LogP contribution in [0.4, 0.5) is 10.6 Å². The number of hydrogen-bond acceptors (Lipinski definition) is 4. The van der Waals surface area contributed by atoms with E-state index in [0.717, 1.165) is 33.7 Å². The van der Waals surface area contributed by atoms with Gasteiger partial charge in [-0.3, -0.25) is 0 Å². The van der Waals surface area contributed by atoms with Crippen molar-refractivity contribution in [3.05, 3.63) is 45.2 Å². The summed E-state index contributed by atoms with van der Waals surface area (Å²) in [7, 11) is 0. The molecule has 2 amide bonds. The highest BCUT2D eigenvalue weighted by atomic mass is 35.5. The van der Waals surface area contributed by atoms with Crippen molar-refractivity contribution < 1.29 is 4.79 Å². The number of thiophene rings is 1. The van der Waals surface area contributed by atoms with Gasteiger partial charge in [0.15, 0.2) is 0 Å². The van der Waals surface area contributed by atoms with E-state index in [1.807, 2.05) is 31.3 Å². The number of nitrogens with one attached hydrogen (secondary N) is 1. The second-order valence-electron chi connectivity index (χ2n) is 6.10. The van der Waals surface area contributed by atoms with Crippen molar-refractivity contribution in [3.8, 4) is 0 Å². The molecule has 0 aromatic carbocycles. The molecule has 2 aromatic rings. The van der Waals surface area contributed by atoms with Crippen LogP contribution in [0.1, 0.15) is 30.2 Å². The first kappa shape index (κ1) is 18.0. The number of urea groups is 1. The Bertz CT molecular complexity index is 715. The van der Waals surface area contributed by atoms with Crippen molar-refractivity contribution in [3.63, 3.8) is 0 Å². The molecule has 7 heteroatoms. The van der Waals surface area contributed by atoms with Gasteiger partial charge in [0.05, 0.1) is 10.9 Å². The van der Waals surface area contributed by atoms with Gasteiger partial charge in [-0.15, -0.1) is 11.3 Å². The summed E-state index contributed by atoms with van der Waals surface area (Å²) in [4.78, 5) is 22.1. The summed E-state index contributed by atoms with van der Waals surface area (Å²) in [6.45, 7) is 5.84. The smallest absolute Gasteiger partial charge is 0.317 e. The third-order valence-electron chi connectivity index (χ3n) is 4.33. The number of pyridine rings is 1. The number of aromatic nitrogens is 1. The Morgan fingerprint density at radius 2 is 2.16 bits per heavy atom. The van der Waals surface area contributed by atoms with Gasteiger partial charge in [-0.05, 0) is 49.6 Å². The topological polar surface area (TPSA) is 48.5 Å². The fraction of sp³-hybridized carbons (Fsp3) is 0.444. The van der Waals surface area contributed by atoms with Crippen molar-refractivity contribution in [1.82, 2.24) is 15.2 Å². The van der Waals surface area contributed by atoms with Crippen LogP contribution in [0, 0.1) is 0 Å². The van der Waals surface area contributed by atoms with Crippen LogP contribution in [0.2, 0.25) is 4.34 Å². The lowest BCUT2D eigenvalue weighted by Crippen LogP contribution is -2.38. The molecular weight excluding hydrogens is 356 g/mol. The van der Waals surface area contributed by atoms with E-state index < -0.39 is 0 Å². The fourth-order valence-electron chi connectivity index (χ4n) is 2.93. The maximum Gasteiger partial charge on any atom is 0.317 e. The Labute approximate surface area is 157 Å². The van der Waals surface area contributed by atoms with Gasteiger partial charge < -0.3 is 15.1 Å². The van der Waals surface area contributed by atoms with E-state index in [9.17, 15) is 4.79 Å². The van der Waals surface area contributed by atoms with Crippen LogP contribution in [0.25, 0.3) is 0 Å². The SMILES string of the molecule is CCN(Cc1ccc(Cl)s1)C(=O)NCc1ccnc(N2CCCC2)c1. The van der Waals surface area contributed by atoms with E-state index in [2.05, 4.69) is 21.3 Å². The highest BCUT2D eigenvalue weighted by Crippen LogP contribution is 2.23. The highest BCUT2D eigenvalue weighted by molar-refractivity contribution is 7.16. The molecule has 0 radical (unpaired) electrons. The van der Waals surface area contributed by atoms with Crippen LogP contribution in [0.3, 0.4) is 0 Å². The molecule has 1 fully saturated rings. The molecule has 134 valence electrons. The Hall–Kier alpha value is -1.79. The molecule has 0 atom stereocenters. The average molecular weight is 379 g/mol. The van der Waals surface area contributed by atoms with Crippen molar-refractivity contribution in [2.45, 2.75) is 32.9 Å². The molecule has 1 N–H and O–H groups in total. The van der Waals surface area contributed by atoms with Gasteiger partial charge in [0.25, 0.3) is 0 Å². The Balaban J connectivity index is 1.56. The van der Waals surface area contributed by atoms with Gasteiger partial charge in [0.1, 0.15) is 5.82 Å². The first-order valence-corrected chi connectivity index (χ1v) is 9.82.